The van der Waals surface area contributed by atoms with Gasteiger partial charge in [-0.15, -0.1) is 11.3 Å². The molecule has 0 fully saturated rings. The molecule has 4 heterocycles. The van der Waals surface area contributed by atoms with E-state index < -0.39 is 0 Å². The minimum atomic E-state index is 0.633. The Kier molecular flexibility index (Phi) is 4.57. The summed E-state index contributed by atoms with van der Waals surface area (Å²) in [5.74, 6) is 0.633. The highest BCUT2D eigenvalue weighted by Crippen LogP contribution is 2.43. The quantitative estimate of drug-likeness (QED) is 0.209. The van der Waals surface area contributed by atoms with Crippen LogP contribution in [0.2, 0.25) is 0 Å². The molecule has 0 unspecified atom stereocenters. The van der Waals surface area contributed by atoms with Gasteiger partial charge in [0.15, 0.2) is 5.58 Å². The van der Waals surface area contributed by atoms with Crippen molar-refractivity contribution >= 4 is 86.2 Å². The molecule has 4 nitrogen and oxygen atoms in total. The number of benzene rings is 6. The summed E-state index contributed by atoms with van der Waals surface area (Å²) in [4.78, 5) is 10.8. The summed E-state index contributed by atoms with van der Waals surface area (Å²) in [6.45, 7) is 0. The molecule has 0 aliphatic heterocycles. The zero-order valence-electron chi connectivity index (χ0n) is 22.8. The van der Waals surface area contributed by atoms with Crippen LogP contribution >= 0.6 is 11.3 Å². The molecule has 0 saturated carbocycles. The first-order valence-electron chi connectivity index (χ1n) is 14.3. The maximum Gasteiger partial charge on any atom is 0.235 e. The Morgan fingerprint density at radius 2 is 1.26 bits per heavy atom. The summed E-state index contributed by atoms with van der Waals surface area (Å²) in [6, 6.07) is 44.6. The fraction of sp³-hybridized carbons (Fsp3) is 0. The van der Waals surface area contributed by atoms with E-state index in [1.54, 1.807) is 0 Å². The van der Waals surface area contributed by atoms with Crippen LogP contribution in [0, 0.1) is 0 Å². The molecule has 0 N–H and O–H groups in total. The summed E-state index contributed by atoms with van der Waals surface area (Å²) in [6.07, 6.45) is 0. The molecule has 43 heavy (non-hydrogen) atoms. The van der Waals surface area contributed by atoms with Crippen LogP contribution in [-0.2, 0) is 0 Å². The molecule has 200 valence electrons. The van der Waals surface area contributed by atoms with Crippen LogP contribution in [0.4, 0.5) is 0 Å². The van der Waals surface area contributed by atoms with Crippen molar-refractivity contribution in [1.29, 1.82) is 0 Å². The zero-order chi connectivity index (χ0) is 28.1. The first-order valence-corrected chi connectivity index (χ1v) is 15.2. The van der Waals surface area contributed by atoms with Crippen molar-refractivity contribution in [3.8, 4) is 17.2 Å². The van der Waals surface area contributed by atoms with E-state index in [4.69, 9.17) is 14.4 Å². The second-order valence-electron chi connectivity index (χ2n) is 11.0. The minimum Gasteiger partial charge on any atom is -0.454 e. The molecule has 6 aromatic carbocycles. The van der Waals surface area contributed by atoms with E-state index in [9.17, 15) is 0 Å². The van der Waals surface area contributed by atoms with Crippen molar-refractivity contribution in [2.45, 2.75) is 0 Å². The van der Waals surface area contributed by atoms with E-state index >= 15 is 0 Å². The molecule has 0 atom stereocenters. The number of nitrogens with zero attached hydrogens (tertiary/aromatic N) is 3. The standard InChI is InChI=1S/C38H21N3OS/c1-2-10-22(11-3-1)34-28-20-21-32-33(27-14-6-9-17-31(27)43-32)35(28)40-38(39-34)41-29-15-7-4-12-23(29)25-18-19-26-24-13-5-8-16-30(24)42-37(26)36(25)41/h1-21H. The van der Waals surface area contributed by atoms with Crippen molar-refractivity contribution in [1.82, 2.24) is 14.5 Å². The van der Waals surface area contributed by atoms with E-state index in [-0.39, 0.29) is 0 Å². The smallest absolute Gasteiger partial charge is 0.235 e. The van der Waals surface area contributed by atoms with E-state index in [1.807, 2.05) is 29.5 Å². The van der Waals surface area contributed by atoms with Crippen LogP contribution in [0.15, 0.2) is 132 Å². The monoisotopic (exact) mass is 567 g/mol. The molecular formula is C38H21N3OS. The van der Waals surface area contributed by atoms with Gasteiger partial charge in [0.05, 0.1) is 16.7 Å². The highest BCUT2D eigenvalue weighted by molar-refractivity contribution is 7.26. The average Bonchev–Trinajstić information content (AvgIpc) is 3.74. The van der Waals surface area contributed by atoms with Crippen molar-refractivity contribution in [3.05, 3.63) is 127 Å². The first-order chi connectivity index (χ1) is 21.3. The molecule has 0 amide bonds. The number of hydrogen-bond acceptors (Lipinski definition) is 4. The van der Waals surface area contributed by atoms with Crippen LogP contribution in [0.5, 0.6) is 0 Å². The fourth-order valence-corrected chi connectivity index (χ4v) is 7.85. The van der Waals surface area contributed by atoms with Gasteiger partial charge >= 0.3 is 0 Å². The Labute approximate surface area is 249 Å². The summed E-state index contributed by atoms with van der Waals surface area (Å²) >= 11 is 1.81. The Morgan fingerprint density at radius 1 is 0.535 bits per heavy atom. The molecular weight excluding hydrogens is 547 g/mol. The number of furan rings is 1. The lowest BCUT2D eigenvalue weighted by molar-refractivity contribution is 0.671. The van der Waals surface area contributed by atoms with Gasteiger partial charge in [0.2, 0.25) is 5.95 Å². The van der Waals surface area contributed by atoms with Crippen molar-refractivity contribution in [2.75, 3.05) is 0 Å². The van der Waals surface area contributed by atoms with E-state index in [1.165, 1.54) is 20.2 Å². The molecule has 0 bridgehead atoms. The largest absolute Gasteiger partial charge is 0.454 e. The number of thiophene rings is 1. The van der Waals surface area contributed by atoms with E-state index in [0.717, 1.165) is 65.9 Å². The summed E-state index contributed by atoms with van der Waals surface area (Å²) in [5, 5.41) is 7.89. The Morgan fingerprint density at radius 3 is 2.16 bits per heavy atom. The minimum absolute atomic E-state index is 0.633. The fourth-order valence-electron chi connectivity index (χ4n) is 6.75. The third-order valence-corrected chi connectivity index (χ3v) is 9.76. The van der Waals surface area contributed by atoms with Gasteiger partial charge in [-0.2, -0.15) is 0 Å². The number of aromatic nitrogens is 3. The Hall–Kier alpha value is -5.52. The topological polar surface area (TPSA) is 43.9 Å². The normalized spacial score (nSPS) is 12.2. The van der Waals surface area contributed by atoms with E-state index in [2.05, 4.69) is 114 Å². The van der Waals surface area contributed by atoms with Gasteiger partial charge in [0.25, 0.3) is 0 Å². The number of fused-ring (bicyclic) bond motifs is 12. The summed E-state index contributed by atoms with van der Waals surface area (Å²) in [5.41, 5.74) is 6.69. The van der Waals surface area contributed by atoms with Gasteiger partial charge in [-0.1, -0.05) is 91.0 Å². The highest BCUT2D eigenvalue weighted by atomic mass is 32.1. The van der Waals surface area contributed by atoms with E-state index in [0.29, 0.717) is 5.95 Å². The third-order valence-electron chi connectivity index (χ3n) is 8.62. The molecule has 0 radical (unpaired) electrons. The van der Waals surface area contributed by atoms with Crippen LogP contribution in [0.3, 0.4) is 0 Å². The van der Waals surface area contributed by atoms with Gasteiger partial charge in [0.1, 0.15) is 11.1 Å². The molecule has 4 aromatic heterocycles. The molecule has 5 heteroatoms. The van der Waals surface area contributed by atoms with Crippen molar-refractivity contribution in [2.24, 2.45) is 0 Å². The van der Waals surface area contributed by atoms with Crippen LogP contribution in [0.1, 0.15) is 0 Å². The molecule has 10 rings (SSSR count). The number of para-hydroxylation sites is 2. The van der Waals surface area contributed by atoms with Crippen molar-refractivity contribution < 1.29 is 4.42 Å². The first kappa shape index (κ1) is 23.1. The van der Waals surface area contributed by atoms with Gasteiger partial charge in [-0.3, -0.25) is 4.57 Å². The molecule has 10 aromatic rings. The lowest BCUT2D eigenvalue weighted by Gasteiger charge is -2.12. The molecule has 0 aliphatic rings. The van der Waals surface area contributed by atoms with Crippen LogP contribution in [-0.4, -0.2) is 14.5 Å². The maximum atomic E-state index is 6.60. The Balaban J connectivity index is 1.43. The van der Waals surface area contributed by atoms with Gasteiger partial charge < -0.3 is 4.42 Å². The second kappa shape index (κ2) is 8.51. The lowest BCUT2D eigenvalue weighted by atomic mass is 10.0. The zero-order valence-corrected chi connectivity index (χ0v) is 23.6. The van der Waals surface area contributed by atoms with Crippen molar-refractivity contribution in [3.63, 3.8) is 0 Å². The predicted octanol–water partition coefficient (Wildman–Crippen LogP) is 10.7. The van der Waals surface area contributed by atoms with Gasteiger partial charge in [-0.25, -0.2) is 9.97 Å². The summed E-state index contributed by atoms with van der Waals surface area (Å²) < 4.78 is 11.3. The van der Waals surface area contributed by atoms with Gasteiger partial charge in [0, 0.05) is 52.7 Å². The van der Waals surface area contributed by atoms with Crippen LogP contribution in [0.25, 0.3) is 92.0 Å². The second-order valence-corrected chi connectivity index (χ2v) is 12.0. The summed E-state index contributed by atoms with van der Waals surface area (Å²) in [7, 11) is 0. The number of rotatable bonds is 2. The number of hydrogen-bond donors (Lipinski definition) is 0. The predicted molar refractivity (Wildman–Crippen MR) is 179 cm³/mol. The SMILES string of the molecule is c1ccc(-c2nc(-n3c4ccccc4c4ccc5c6ccccc6oc5c43)nc3c2ccc2sc4ccccc4c23)cc1. The van der Waals surface area contributed by atoms with Crippen LogP contribution < -0.4 is 0 Å². The Bertz CT molecular complexity index is 2730. The maximum absolute atomic E-state index is 6.60. The lowest BCUT2D eigenvalue weighted by Crippen LogP contribution is -2.03. The highest BCUT2D eigenvalue weighted by Gasteiger charge is 2.22. The average molecular weight is 568 g/mol. The third kappa shape index (κ3) is 3.14. The molecule has 0 aliphatic carbocycles. The van der Waals surface area contributed by atoms with Gasteiger partial charge in [-0.05, 0) is 36.4 Å². The molecule has 0 spiro atoms. The molecule has 0 saturated heterocycles.